The van der Waals surface area contributed by atoms with Gasteiger partial charge in [0.25, 0.3) is 0 Å². The maximum atomic E-state index is 5.87. The van der Waals surface area contributed by atoms with Crippen molar-refractivity contribution in [1.82, 2.24) is 29.5 Å². The van der Waals surface area contributed by atoms with E-state index in [1.807, 2.05) is 47.3 Å². The fourth-order valence-electron chi connectivity index (χ4n) is 3.01. The van der Waals surface area contributed by atoms with Crippen LogP contribution in [-0.2, 0) is 6.54 Å². The number of nitrogens with two attached hydrogens (primary N) is 1. The molecule has 0 amide bonds. The Morgan fingerprint density at radius 2 is 2.15 bits per heavy atom. The number of rotatable bonds is 5. The molecule has 9 nitrogen and oxygen atoms in total. The summed E-state index contributed by atoms with van der Waals surface area (Å²) >= 11 is 0. The third-order valence-electron chi connectivity index (χ3n) is 4.36. The van der Waals surface area contributed by atoms with E-state index < -0.39 is 0 Å². The number of aromatic nitrogens is 6. The van der Waals surface area contributed by atoms with Crippen molar-refractivity contribution in [3.05, 3.63) is 55.0 Å². The quantitative estimate of drug-likeness (QED) is 0.495. The second kappa shape index (κ2) is 6.13. The Kier molecular flexibility index (Phi) is 3.49. The van der Waals surface area contributed by atoms with Gasteiger partial charge in [-0.2, -0.15) is 5.10 Å². The van der Waals surface area contributed by atoms with Crippen LogP contribution in [0.25, 0.3) is 27.9 Å². The number of hydrogen-bond acceptors (Lipinski definition) is 7. The molecule has 0 fully saturated rings. The van der Waals surface area contributed by atoms with Crippen LogP contribution in [0.5, 0.6) is 0 Å². The van der Waals surface area contributed by atoms with E-state index in [1.165, 1.54) is 0 Å². The van der Waals surface area contributed by atoms with E-state index in [0.29, 0.717) is 17.9 Å². The van der Waals surface area contributed by atoms with Gasteiger partial charge < -0.3 is 15.6 Å². The van der Waals surface area contributed by atoms with Gasteiger partial charge in [0.15, 0.2) is 17.0 Å². The summed E-state index contributed by atoms with van der Waals surface area (Å²) in [5.41, 5.74) is 9.09. The molecule has 134 valence electrons. The molecule has 0 bridgehead atoms. The van der Waals surface area contributed by atoms with Crippen LogP contribution >= 0.6 is 0 Å². The van der Waals surface area contributed by atoms with E-state index in [1.54, 1.807) is 16.9 Å². The van der Waals surface area contributed by atoms with Crippen LogP contribution in [0.3, 0.4) is 0 Å². The fraction of sp³-hybridized carbons (Fsp3) is 0.111. The predicted octanol–water partition coefficient (Wildman–Crippen LogP) is 2.43. The number of nitrogen functional groups attached to an aromatic ring is 1. The van der Waals surface area contributed by atoms with Gasteiger partial charge in [0.05, 0.1) is 23.8 Å². The first-order valence-electron chi connectivity index (χ1n) is 8.49. The van der Waals surface area contributed by atoms with Crippen LogP contribution in [0.2, 0.25) is 0 Å². The lowest BCUT2D eigenvalue weighted by atomic mass is 10.1. The molecule has 0 saturated carbocycles. The molecule has 0 aliphatic rings. The van der Waals surface area contributed by atoms with Gasteiger partial charge in [0, 0.05) is 24.5 Å². The Labute approximate surface area is 153 Å². The van der Waals surface area contributed by atoms with Crippen molar-refractivity contribution in [1.29, 1.82) is 0 Å². The predicted molar refractivity (Wildman–Crippen MR) is 101 cm³/mol. The number of nitrogens with zero attached hydrogens (tertiary/aromatic N) is 6. The summed E-state index contributed by atoms with van der Waals surface area (Å²) in [6.07, 6.45) is 5.49. The lowest BCUT2D eigenvalue weighted by molar-refractivity contribution is 0.460. The molecule has 4 heterocycles. The minimum absolute atomic E-state index is 0.370. The molecule has 27 heavy (non-hydrogen) atoms. The van der Waals surface area contributed by atoms with Crippen molar-refractivity contribution in [2.45, 2.75) is 6.54 Å². The molecule has 0 radical (unpaired) electrons. The van der Waals surface area contributed by atoms with Crippen molar-refractivity contribution in [2.75, 3.05) is 17.6 Å². The summed E-state index contributed by atoms with van der Waals surface area (Å²) in [7, 11) is 0. The number of anilines is 2. The van der Waals surface area contributed by atoms with Gasteiger partial charge in [0.1, 0.15) is 5.82 Å². The van der Waals surface area contributed by atoms with Crippen LogP contribution < -0.4 is 11.1 Å². The van der Waals surface area contributed by atoms with E-state index in [0.717, 1.165) is 34.7 Å². The maximum absolute atomic E-state index is 5.87. The van der Waals surface area contributed by atoms with Crippen LogP contribution in [0, 0.1) is 0 Å². The van der Waals surface area contributed by atoms with Crippen molar-refractivity contribution in [2.24, 2.45) is 0 Å². The number of imidazole rings is 1. The lowest BCUT2D eigenvalue weighted by Gasteiger charge is -2.07. The minimum Gasteiger partial charge on any atom is -0.380 e. The Morgan fingerprint density at radius 1 is 1.19 bits per heavy atom. The lowest BCUT2D eigenvalue weighted by Crippen LogP contribution is -2.12. The molecule has 0 unspecified atom stereocenters. The average Bonchev–Trinajstić information content (AvgIpc) is 3.42. The molecule has 0 aliphatic carbocycles. The fourth-order valence-corrected chi connectivity index (χ4v) is 3.01. The van der Waals surface area contributed by atoms with Gasteiger partial charge in [-0.25, -0.2) is 9.50 Å². The Balaban J connectivity index is 1.46. The standard InChI is InChI=1S/C18H16N8O/c19-18-13-10-12(2-3-15(13)27-24-18)14-11-21-17-5-4-16(23-26(14)17)20-7-9-25-8-1-6-22-25/h1-6,8,10-11H,7,9H2,(H2,19,24)(H,20,23). The third kappa shape index (κ3) is 2.74. The zero-order chi connectivity index (χ0) is 18.2. The minimum atomic E-state index is 0.370. The summed E-state index contributed by atoms with van der Waals surface area (Å²) in [4.78, 5) is 4.44. The molecule has 0 spiro atoms. The molecule has 5 rings (SSSR count). The maximum Gasteiger partial charge on any atom is 0.174 e. The number of fused-ring (bicyclic) bond motifs is 2. The van der Waals surface area contributed by atoms with Crippen LogP contribution in [0.15, 0.2) is 59.5 Å². The van der Waals surface area contributed by atoms with Crippen molar-refractivity contribution < 1.29 is 4.52 Å². The van der Waals surface area contributed by atoms with E-state index in [9.17, 15) is 0 Å². The highest BCUT2D eigenvalue weighted by molar-refractivity contribution is 5.90. The molecule has 0 saturated heterocycles. The molecular formula is C18H16N8O. The zero-order valence-electron chi connectivity index (χ0n) is 14.3. The summed E-state index contributed by atoms with van der Waals surface area (Å²) in [6, 6.07) is 11.5. The van der Waals surface area contributed by atoms with E-state index in [-0.39, 0.29) is 0 Å². The summed E-state index contributed by atoms with van der Waals surface area (Å²) < 4.78 is 8.85. The summed E-state index contributed by atoms with van der Waals surface area (Å²) in [5, 5.41) is 16.7. The van der Waals surface area contributed by atoms with E-state index in [4.69, 9.17) is 10.3 Å². The zero-order valence-corrected chi connectivity index (χ0v) is 14.3. The topological polar surface area (TPSA) is 112 Å². The van der Waals surface area contributed by atoms with Crippen molar-refractivity contribution in [3.8, 4) is 11.3 Å². The first-order chi connectivity index (χ1) is 13.3. The number of hydrogen-bond donors (Lipinski definition) is 2. The van der Waals surface area contributed by atoms with Crippen LogP contribution in [0.4, 0.5) is 11.6 Å². The normalized spacial score (nSPS) is 11.4. The molecule has 1 aromatic carbocycles. The van der Waals surface area contributed by atoms with Gasteiger partial charge >= 0.3 is 0 Å². The highest BCUT2D eigenvalue weighted by atomic mass is 16.5. The molecule has 5 aromatic rings. The van der Waals surface area contributed by atoms with Gasteiger partial charge in [0.2, 0.25) is 0 Å². The molecule has 4 aromatic heterocycles. The molecule has 9 heteroatoms. The second-order valence-electron chi connectivity index (χ2n) is 6.11. The van der Waals surface area contributed by atoms with Crippen LogP contribution in [0.1, 0.15) is 0 Å². The van der Waals surface area contributed by atoms with Gasteiger partial charge in [-0.15, -0.1) is 5.10 Å². The van der Waals surface area contributed by atoms with Crippen molar-refractivity contribution in [3.63, 3.8) is 0 Å². The molecule has 3 N–H and O–H groups in total. The van der Waals surface area contributed by atoms with Gasteiger partial charge in [-0.1, -0.05) is 5.16 Å². The molecular weight excluding hydrogens is 344 g/mol. The third-order valence-corrected chi connectivity index (χ3v) is 4.36. The van der Waals surface area contributed by atoms with E-state index in [2.05, 4.69) is 25.7 Å². The SMILES string of the molecule is Nc1noc2ccc(-c3cnc4ccc(NCCn5cccn5)nn34)cc12. The highest BCUT2D eigenvalue weighted by Gasteiger charge is 2.11. The molecule has 0 aliphatic heterocycles. The van der Waals surface area contributed by atoms with E-state index >= 15 is 0 Å². The Morgan fingerprint density at radius 3 is 3.04 bits per heavy atom. The van der Waals surface area contributed by atoms with Gasteiger partial charge in [-0.05, 0) is 36.4 Å². The first-order valence-corrected chi connectivity index (χ1v) is 8.49. The second-order valence-corrected chi connectivity index (χ2v) is 6.11. The first kappa shape index (κ1) is 15.4. The average molecular weight is 360 g/mol. The van der Waals surface area contributed by atoms with Crippen molar-refractivity contribution >= 4 is 28.3 Å². The van der Waals surface area contributed by atoms with Crippen LogP contribution in [-0.4, -0.2) is 36.1 Å². The largest absolute Gasteiger partial charge is 0.380 e. The summed E-state index contributed by atoms with van der Waals surface area (Å²) in [5.74, 6) is 1.13. The number of nitrogens with one attached hydrogen (secondary N) is 1. The Bertz CT molecular complexity index is 1220. The highest BCUT2D eigenvalue weighted by Crippen LogP contribution is 2.28. The smallest absolute Gasteiger partial charge is 0.174 e. The van der Waals surface area contributed by atoms with Gasteiger partial charge in [-0.3, -0.25) is 4.68 Å². The molecule has 0 atom stereocenters. The summed E-state index contributed by atoms with van der Waals surface area (Å²) in [6.45, 7) is 1.47. The Hall–Kier alpha value is -3.88. The monoisotopic (exact) mass is 360 g/mol. The number of benzene rings is 1.